The Kier molecular flexibility index (Phi) is 3.94. The van der Waals surface area contributed by atoms with Gasteiger partial charge in [0.15, 0.2) is 0 Å². The van der Waals surface area contributed by atoms with Crippen LogP contribution in [0.3, 0.4) is 0 Å². The second kappa shape index (κ2) is 5.59. The highest BCUT2D eigenvalue weighted by molar-refractivity contribution is 7.89. The number of hydrogen-bond donors (Lipinski definition) is 2. The number of nitrogens with zero attached hydrogens (tertiary/aromatic N) is 1. The summed E-state index contributed by atoms with van der Waals surface area (Å²) in [6, 6.07) is 6.67. The van der Waals surface area contributed by atoms with Crippen molar-refractivity contribution in [2.45, 2.75) is 55.1 Å². The fourth-order valence-corrected chi connectivity index (χ4v) is 4.89. The van der Waals surface area contributed by atoms with E-state index >= 15 is 0 Å². The summed E-state index contributed by atoms with van der Waals surface area (Å²) in [4.78, 5) is 2.62. The Bertz CT molecular complexity index is 586. The third-order valence-corrected chi connectivity index (χ3v) is 6.35. The van der Waals surface area contributed by atoms with Crippen LogP contribution < -0.4 is 4.72 Å². The lowest BCUT2D eigenvalue weighted by atomic mass is 9.83. The second-order valence-electron chi connectivity index (χ2n) is 6.19. The highest BCUT2D eigenvalue weighted by Gasteiger charge is 2.37. The predicted octanol–water partition coefficient (Wildman–Crippen LogP) is 1.69. The summed E-state index contributed by atoms with van der Waals surface area (Å²) in [7, 11) is -1.35. The standard InChI is InChI=1S/C15H22N2O3S/c1-17-12-3-2-4-13(17)10-11(9-12)16-21(19,20)15-7-5-14(18)6-8-15/h5-8,11-13,16,18H,2-4,9-10H2,1H3. The van der Waals surface area contributed by atoms with Gasteiger partial charge in [-0.05, 0) is 57.0 Å². The molecule has 0 radical (unpaired) electrons. The molecule has 2 heterocycles. The Morgan fingerprint density at radius 2 is 1.71 bits per heavy atom. The van der Waals surface area contributed by atoms with Crippen LogP contribution in [0.25, 0.3) is 0 Å². The predicted molar refractivity (Wildman–Crippen MR) is 80.6 cm³/mol. The summed E-state index contributed by atoms with van der Waals surface area (Å²) in [6.45, 7) is 0. The minimum absolute atomic E-state index is 0.00954. The van der Waals surface area contributed by atoms with E-state index in [2.05, 4.69) is 16.7 Å². The topological polar surface area (TPSA) is 69.6 Å². The smallest absolute Gasteiger partial charge is 0.240 e. The molecular weight excluding hydrogens is 288 g/mol. The largest absolute Gasteiger partial charge is 0.508 e. The van der Waals surface area contributed by atoms with Crippen LogP contribution >= 0.6 is 0 Å². The number of phenolic OH excluding ortho intramolecular Hbond substituents is 1. The van der Waals surface area contributed by atoms with Crippen molar-refractivity contribution in [3.63, 3.8) is 0 Å². The number of nitrogens with one attached hydrogen (secondary N) is 1. The van der Waals surface area contributed by atoms with Gasteiger partial charge in [0, 0.05) is 18.1 Å². The summed E-state index contributed by atoms with van der Waals surface area (Å²) in [5, 5.41) is 9.26. The van der Waals surface area contributed by atoms with Crippen molar-refractivity contribution in [3.05, 3.63) is 24.3 Å². The van der Waals surface area contributed by atoms with Gasteiger partial charge in [-0.15, -0.1) is 0 Å². The van der Waals surface area contributed by atoms with E-state index in [9.17, 15) is 13.5 Å². The molecule has 0 saturated carbocycles. The minimum Gasteiger partial charge on any atom is -0.508 e. The van der Waals surface area contributed by atoms with Gasteiger partial charge in [-0.2, -0.15) is 0 Å². The van der Waals surface area contributed by atoms with E-state index < -0.39 is 10.0 Å². The molecule has 21 heavy (non-hydrogen) atoms. The lowest BCUT2D eigenvalue weighted by Crippen LogP contribution is -2.55. The maximum Gasteiger partial charge on any atom is 0.240 e. The van der Waals surface area contributed by atoms with E-state index in [0.717, 1.165) is 25.7 Å². The number of benzene rings is 1. The van der Waals surface area contributed by atoms with E-state index in [-0.39, 0.29) is 16.7 Å². The molecule has 2 bridgehead atoms. The molecule has 2 aliphatic rings. The number of aromatic hydroxyl groups is 1. The fraction of sp³-hybridized carbons (Fsp3) is 0.600. The maximum atomic E-state index is 12.4. The van der Waals surface area contributed by atoms with E-state index in [1.165, 1.54) is 30.7 Å². The Labute approximate surface area is 126 Å². The number of rotatable bonds is 3. The van der Waals surface area contributed by atoms with Crippen LogP contribution in [0, 0.1) is 0 Å². The molecule has 6 heteroatoms. The first-order valence-electron chi connectivity index (χ1n) is 7.49. The number of fused-ring (bicyclic) bond motifs is 2. The van der Waals surface area contributed by atoms with Crippen molar-refractivity contribution < 1.29 is 13.5 Å². The first-order chi connectivity index (χ1) is 9.95. The van der Waals surface area contributed by atoms with Crippen LogP contribution in [0.1, 0.15) is 32.1 Å². The van der Waals surface area contributed by atoms with Gasteiger partial charge >= 0.3 is 0 Å². The van der Waals surface area contributed by atoms with Crippen molar-refractivity contribution in [1.82, 2.24) is 9.62 Å². The highest BCUT2D eigenvalue weighted by Crippen LogP contribution is 2.33. The lowest BCUT2D eigenvalue weighted by Gasteiger charge is -2.47. The van der Waals surface area contributed by atoms with E-state index in [4.69, 9.17) is 0 Å². The SMILES string of the molecule is CN1C2CCCC1CC(NS(=O)(=O)c1ccc(O)cc1)C2. The monoisotopic (exact) mass is 310 g/mol. The zero-order valence-corrected chi connectivity index (χ0v) is 13.0. The van der Waals surface area contributed by atoms with Gasteiger partial charge in [0.05, 0.1) is 4.90 Å². The zero-order valence-electron chi connectivity index (χ0n) is 12.2. The van der Waals surface area contributed by atoms with Crippen molar-refractivity contribution in [2.75, 3.05) is 7.05 Å². The molecule has 2 unspecified atom stereocenters. The average Bonchev–Trinajstić information content (AvgIpc) is 2.40. The van der Waals surface area contributed by atoms with Crippen molar-refractivity contribution in [3.8, 4) is 5.75 Å². The number of hydrogen-bond acceptors (Lipinski definition) is 4. The van der Waals surface area contributed by atoms with Crippen molar-refractivity contribution in [2.24, 2.45) is 0 Å². The van der Waals surface area contributed by atoms with Crippen LogP contribution in [-0.2, 0) is 10.0 Å². The fourth-order valence-electron chi connectivity index (χ4n) is 3.62. The normalized spacial score (nSPS) is 30.2. The van der Waals surface area contributed by atoms with Crippen molar-refractivity contribution >= 4 is 10.0 Å². The zero-order chi connectivity index (χ0) is 15.0. The van der Waals surface area contributed by atoms with Crippen LogP contribution in [0.2, 0.25) is 0 Å². The number of piperidine rings is 2. The molecular formula is C15H22N2O3S. The molecule has 1 aromatic carbocycles. The molecule has 2 N–H and O–H groups in total. The Balaban J connectivity index is 1.73. The van der Waals surface area contributed by atoms with E-state index in [1.54, 1.807) is 0 Å². The molecule has 0 aliphatic carbocycles. The third-order valence-electron chi connectivity index (χ3n) is 4.81. The van der Waals surface area contributed by atoms with Crippen LogP contribution in [-0.4, -0.2) is 43.6 Å². The van der Waals surface area contributed by atoms with Crippen LogP contribution in [0.4, 0.5) is 0 Å². The van der Waals surface area contributed by atoms with Gasteiger partial charge in [0.2, 0.25) is 10.0 Å². The van der Waals surface area contributed by atoms with Gasteiger partial charge in [0.1, 0.15) is 5.75 Å². The van der Waals surface area contributed by atoms with E-state index in [1.807, 2.05) is 0 Å². The molecule has 2 saturated heterocycles. The third kappa shape index (κ3) is 3.07. The Hall–Kier alpha value is -1.11. The van der Waals surface area contributed by atoms with Crippen molar-refractivity contribution in [1.29, 1.82) is 0 Å². The second-order valence-corrected chi connectivity index (χ2v) is 7.90. The molecule has 1 aromatic rings. The lowest BCUT2D eigenvalue weighted by molar-refractivity contribution is 0.0536. The molecule has 0 spiro atoms. The highest BCUT2D eigenvalue weighted by atomic mass is 32.2. The number of phenols is 1. The van der Waals surface area contributed by atoms with Gasteiger partial charge in [0.25, 0.3) is 0 Å². The first-order valence-corrected chi connectivity index (χ1v) is 8.97. The molecule has 0 amide bonds. The number of sulfonamides is 1. The molecule has 2 aliphatic heterocycles. The Morgan fingerprint density at radius 3 is 2.29 bits per heavy atom. The van der Waals surface area contributed by atoms with Gasteiger partial charge in [-0.3, -0.25) is 0 Å². The van der Waals surface area contributed by atoms with Crippen LogP contribution in [0.5, 0.6) is 5.75 Å². The minimum atomic E-state index is -3.50. The first kappa shape index (κ1) is 14.8. The molecule has 3 rings (SSSR count). The van der Waals surface area contributed by atoms with Gasteiger partial charge in [-0.1, -0.05) is 6.42 Å². The molecule has 2 fully saturated rings. The summed E-state index contributed by atoms with van der Waals surface area (Å²) < 4.78 is 27.7. The molecule has 5 nitrogen and oxygen atoms in total. The molecule has 116 valence electrons. The summed E-state index contributed by atoms with van der Waals surface area (Å²) >= 11 is 0. The average molecular weight is 310 g/mol. The van der Waals surface area contributed by atoms with Gasteiger partial charge < -0.3 is 10.0 Å². The summed E-state index contributed by atoms with van der Waals surface area (Å²) in [5.41, 5.74) is 0. The van der Waals surface area contributed by atoms with E-state index in [0.29, 0.717) is 12.1 Å². The summed E-state index contributed by atoms with van der Waals surface area (Å²) in [6.07, 6.45) is 5.32. The quantitative estimate of drug-likeness (QED) is 0.891. The maximum absolute atomic E-state index is 12.4. The van der Waals surface area contributed by atoms with Crippen LogP contribution in [0.15, 0.2) is 29.2 Å². The Morgan fingerprint density at radius 1 is 1.14 bits per heavy atom. The van der Waals surface area contributed by atoms with Gasteiger partial charge in [-0.25, -0.2) is 13.1 Å². The summed E-state index contributed by atoms with van der Waals surface area (Å²) in [5.74, 6) is 0.0720. The molecule has 2 atom stereocenters. The molecule has 0 aromatic heterocycles.